The summed E-state index contributed by atoms with van der Waals surface area (Å²) in [5.74, 6) is -0.498. The van der Waals surface area contributed by atoms with Crippen LogP contribution in [-0.2, 0) is 10.0 Å². The number of nitrogens with zero attached hydrogens (tertiary/aromatic N) is 1. The lowest BCUT2D eigenvalue weighted by atomic mass is 10.0. The van der Waals surface area contributed by atoms with E-state index in [-0.39, 0.29) is 17.1 Å². The van der Waals surface area contributed by atoms with Gasteiger partial charge in [0.05, 0.1) is 6.26 Å². The summed E-state index contributed by atoms with van der Waals surface area (Å²) < 4.78 is 54.8. The predicted molar refractivity (Wildman–Crippen MR) is 117 cm³/mol. The number of anilines is 1. The Kier molecular flexibility index (Phi) is 5.62. The number of ketones is 1. The first kappa shape index (κ1) is 21.4. The highest BCUT2D eigenvalue weighted by Crippen LogP contribution is 2.28. The van der Waals surface area contributed by atoms with Gasteiger partial charge in [0.1, 0.15) is 11.4 Å². The Morgan fingerprint density at radius 1 is 1.09 bits per heavy atom. The molecule has 0 saturated heterocycles. The van der Waals surface area contributed by atoms with Crippen LogP contribution in [-0.4, -0.2) is 37.0 Å². The second kappa shape index (κ2) is 8.39. The number of halogens is 2. The molecule has 164 valence electrons. The maximum absolute atomic E-state index is 13.1. The van der Waals surface area contributed by atoms with Gasteiger partial charge in [0.2, 0.25) is 10.0 Å². The number of carbonyl (C=O) groups excluding carboxylic acids is 1. The summed E-state index contributed by atoms with van der Waals surface area (Å²) in [5, 5.41) is 0.536. The van der Waals surface area contributed by atoms with Gasteiger partial charge in [-0.2, -0.15) is 8.78 Å². The van der Waals surface area contributed by atoms with Gasteiger partial charge in [0, 0.05) is 40.2 Å². The Labute approximate surface area is 182 Å². The lowest BCUT2D eigenvalue weighted by Gasteiger charge is -2.08. The Morgan fingerprint density at radius 2 is 1.88 bits per heavy atom. The number of hydrogen-bond acceptors (Lipinski definition) is 5. The first-order valence-electron chi connectivity index (χ1n) is 9.34. The normalized spacial score (nSPS) is 11.6. The molecule has 0 spiro atoms. The Hall–Kier alpha value is -3.79. The number of fused-ring (bicyclic) bond motifs is 1. The largest absolute Gasteiger partial charge is 0.435 e. The van der Waals surface area contributed by atoms with E-state index < -0.39 is 16.6 Å². The number of benzene rings is 2. The third-order valence-electron chi connectivity index (χ3n) is 4.60. The van der Waals surface area contributed by atoms with Gasteiger partial charge >= 0.3 is 6.61 Å². The number of rotatable bonds is 7. The Bertz CT molecular complexity index is 1420. The third-order valence-corrected chi connectivity index (χ3v) is 5.20. The zero-order valence-electron chi connectivity index (χ0n) is 16.7. The quantitative estimate of drug-likeness (QED) is 0.400. The maximum Gasteiger partial charge on any atom is 0.387 e. The Balaban J connectivity index is 1.71. The van der Waals surface area contributed by atoms with Crippen LogP contribution in [0.4, 0.5) is 14.5 Å². The van der Waals surface area contributed by atoms with E-state index in [4.69, 9.17) is 0 Å². The van der Waals surface area contributed by atoms with Crippen LogP contribution in [0.1, 0.15) is 15.9 Å². The molecule has 0 fully saturated rings. The Morgan fingerprint density at radius 3 is 2.62 bits per heavy atom. The molecular formula is C22H17F2N3O4S. The van der Waals surface area contributed by atoms with E-state index in [2.05, 4.69) is 19.4 Å². The SMILES string of the molecule is CS(=O)(=O)Nc1cccc(-c2cnc3[nH]cc(C(=O)c4cccc(OC(F)F)c4)c3c2)c1. The molecule has 4 aromatic rings. The summed E-state index contributed by atoms with van der Waals surface area (Å²) in [5.41, 5.74) is 2.73. The molecule has 32 heavy (non-hydrogen) atoms. The van der Waals surface area contributed by atoms with Gasteiger partial charge < -0.3 is 9.72 Å². The highest BCUT2D eigenvalue weighted by molar-refractivity contribution is 7.92. The van der Waals surface area contributed by atoms with Crippen molar-refractivity contribution in [2.45, 2.75) is 6.61 Å². The number of H-pyrrole nitrogens is 1. The monoisotopic (exact) mass is 457 g/mol. The van der Waals surface area contributed by atoms with E-state index >= 15 is 0 Å². The van der Waals surface area contributed by atoms with E-state index in [1.807, 2.05) is 0 Å². The van der Waals surface area contributed by atoms with Crippen molar-refractivity contribution in [2.75, 3.05) is 11.0 Å². The van der Waals surface area contributed by atoms with Crippen LogP contribution in [0.2, 0.25) is 0 Å². The molecule has 0 unspecified atom stereocenters. The molecule has 10 heteroatoms. The second-order valence-electron chi connectivity index (χ2n) is 7.01. The van der Waals surface area contributed by atoms with Gasteiger partial charge in [-0.3, -0.25) is 9.52 Å². The maximum atomic E-state index is 13.1. The molecule has 0 amide bonds. The average Bonchev–Trinajstić information content (AvgIpc) is 3.15. The summed E-state index contributed by atoms with van der Waals surface area (Å²) in [7, 11) is -3.43. The number of aromatic amines is 1. The van der Waals surface area contributed by atoms with Crippen molar-refractivity contribution >= 4 is 32.5 Å². The van der Waals surface area contributed by atoms with E-state index in [1.54, 1.807) is 36.5 Å². The van der Waals surface area contributed by atoms with Crippen LogP contribution in [0, 0.1) is 0 Å². The standard InChI is InChI=1S/C22H17F2N3O4S/c1-32(29,30)27-16-6-2-4-13(8-16)15-10-18-19(12-26-21(18)25-11-15)20(28)14-5-3-7-17(9-14)31-22(23)24/h2-12,22,27H,1H3,(H,25,26). The van der Waals surface area contributed by atoms with Crippen LogP contribution >= 0.6 is 0 Å². The van der Waals surface area contributed by atoms with E-state index in [1.165, 1.54) is 30.5 Å². The van der Waals surface area contributed by atoms with Crippen molar-refractivity contribution in [3.8, 4) is 16.9 Å². The van der Waals surface area contributed by atoms with Crippen LogP contribution in [0.25, 0.3) is 22.2 Å². The topological polar surface area (TPSA) is 101 Å². The minimum atomic E-state index is -3.43. The molecule has 0 atom stereocenters. The fraction of sp³-hybridized carbons (Fsp3) is 0.0909. The minimum absolute atomic E-state index is 0.111. The number of pyridine rings is 1. The van der Waals surface area contributed by atoms with E-state index in [0.29, 0.717) is 33.4 Å². The van der Waals surface area contributed by atoms with Crippen LogP contribution in [0.5, 0.6) is 5.75 Å². The molecular weight excluding hydrogens is 440 g/mol. The van der Waals surface area contributed by atoms with Crippen molar-refractivity contribution in [2.24, 2.45) is 0 Å². The van der Waals surface area contributed by atoms with Crippen molar-refractivity contribution in [3.05, 3.63) is 78.1 Å². The van der Waals surface area contributed by atoms with Crippen LogP contribution < -0.4 is 9.46 Å². The summed E-state index contributed by atoms with van der Waals surface area (Å²) >= 11 is 0. The number of ether oxygens (including phenoxy) is 1. The zero-order valence-corrected chi connectivity index (χ0v) is 17.5. The molecule has 0 radical (unpaired) electrons. The number of aromatic nitrogens is 2. The van der Waals surface area contributed by atoms with Crippen LogP contribution in [0.15, 0.2) is 67.0 Å². The third kappa shape index (κ3) is 4.75. The van der Waals surface area contributed by atoms with Crippen LogP contribution in [0.3, 0.4) is 0 Å². The summed E-state index contributed by atoms with van der Waals surface area (Å²) in [4.78, 5) is 20.3. The van der Waals surface area contributed by atoms with Gasteiger partial charge in [0.25, 0.3) is 0 Å². The molecule has 0 aliphatic rings. The van der Waals surface area contributed by atoms with E-state index in [0.717, 1.165) is 6.26 Å². The summed E-state index contributed by atoms with van der Waals surface area (Å²) in [6, 6.07) is 14.1. The van der Waals surface area contributed by atoms with E-state index in [9.17, 15) is 22.0 Å². The second-order valence-corrected chi connectivity index (χ2v) is 8.76. The number of sulfonamides is 1. The zero-order chi connectivity index (χ0) is 22.9. The van der Waals surface area contributed by atoms with Gasteiger partial charge in [-0.25, -0.2) is 13.4 Å². The van der Waals surface area contributed by atoms with Gasteiger partial charge in [-0.05, 0) is 35.9 Å². The molecule has 0 aliphatic carbocycles. The average molecular weight is 457 g/mol. The smallest absolute Gasteiger partial charge is 0.387 e. The van der Waals surface area contributed by atoms with Crippen molar-refractivity contribution in [1.29, 1.82) is 0 Å². The number of nitrogens with one attached hydrogen (secondary N) is 2. The molecule has 0 aliphatic heterocycles. The molecule has 0 saturated carbocycles. The number of carbonyl (C=O) groups is 1. The molecule has 4 rings (SSSR count). The van der Waals surface area contributed by atoms with Crippen molar-refractivity contribution in [1.82, 2.24) is 9.97 Å². The highest BCUT2D eigenvalue weighted by Gasteiger charge is 2.17. The summed E-state index contributed by atoms with van der Waals surface area (Å²) in [6.45, 7) is -2.99. The first-order chi connectivity index (χ1) is 15.2. The highest BCUT2D eigenvalue weighted by atomic mass is 32.2. The minimum Gasteiger partial charge on any atom is -0.435 e. The summed E-state index contributed by atoms with van der Waals surface area (Å²) in [6.07, 6.45) is 4.17. The van der Waals surface area contributed by atoms with Gasteiger partial charge in [-0.15, -0.1) is 0 Å². The van der Waals surface area contributed by atoms with Gasteiger partial charge in [0.15, 0.2) is 5.78 Å². The molecule has 2 N–H and O–H groups in total. The molecule has 2 aromatic heterocycles. The van der Waals surface area contributed by atoms with Crippen molar-refractivity contribution < 1.29 is 26.7 Å². The molecule has 2 heterocycles. The molecule has 2 aromatic carbocycles. The van der Waals surface area contributed by atoms with Crippen molar-refractivity contribution in [3.63, 3.8) is 0 Å². The predicted octanol–water partition coefficient (Wildman–Crippen LogP) is 4.43. The molecule has 7 nitrogen and oxygen atoms in total. The number of hydrogen-bond donors (Lipinski definition) is 2. The number of alkyl halides is 2. The fourth-order valence-electron chi connectivity index (χ4n) is 3.29. The first-order valence-corrected chi connectivity index (χ1v) is 11.2. The molecule has 0 bridgehead atoms. The van der Waals surface area contributed by atoms with Gasteiger partial charge in [-0.1, -0.05) is 24.3 Å². The fourth-order valence-corrected chi connectivity index (χ4v) is 3.85. The lowest BCUT2D eigenvalue weighted by Crippen LogP contribution is -2.09. The lowest BCUT2D eigenvalue weighted by molar-refractivity contribution is -0.0498.